The first-order valence-electron chi connectivity index (χ1n) is 7.84. The largest absolute Gasteiger partial charge is 0.417 e. The number of anilines is 1. The fourth-order valence-corrected chi connectivity index (χ4v) is 3.74. The van der Waals surface area contributed by atoms with Gasteiger partial charge in [-0.1, -0.05) is 6.08 Å². The Labute approximate surface area is 148 Å². The van der Waals surface area contributed by atoms with Crippen molar-refractivity contribution in [1.82, 2.24) is 4.98 Å². The summed E-state index contributed by atoms with van der Waals surface area (Å²) >= 11 is 1.57. The van der Waals surface area contributed by atoms with Crippen molar-refractivity contribution in [3.05, 3.63) is 52.0 Å². The van der Waals surface area contributed by atoms with Gasteiger partial charge < -0.3 is 4.90 Å². The number of hydrogen-bond acceptors (Lipinski definition) is 4. The number of rotatable bonds is 3. The molecule has 1 heterocycles. The Morgan fingerprint density at radius 2 is 2.16 bits per heavy atom. The van der Waals surface area contributed by atoms with Gasteiger partial charge in [0.25, 0.3) is 0 Å². The first kappa shape index (κ1) is 17.5. The second-order valence-corrected chi connectivity index (χ2v) is 6.85. The summed E-state index contributed by atoms with van der Waals surface area (Å²) in [4.78, 5) is 7.04. The molecule has 7 heteroatoms. The normalized spacial score (nSPS) is 17.7. The number of nitriles is 1. The third-order valence-electron chi connectivity index (χ3n) is 4.42. The number of thiazole rings is 1. The van der Waals surface area contributed by atoms with Crippen molar-refractivity contribution < 1.29 is 13.2 Å². The standard InChI is InChI=1S/C18H16F3N3S/c1-24(14-4-2-3-12(7-14)17-10-23-11-25-17)15-6-5-13(9-22)16(8-15)18(19,20)21/h5-8,10-11,14H,2-4H2,1H3. The third-order valence-corrected chi connectivity index (χ3v) is 5.27. The van der Waals surface area contributed by atoms with E-state index in [2.05, 4.69) is 11.1 Å². The van der Waals surface area contributed by atoms with Crippen LogP contribution in [0.1, 0.15) is 35.3 Å². The van der Waals surface area contributed by atoms with Crippen LogP contribution in [0.3, 0.4) is 0 Å². The summed E-state index contributed by atoms with van der Waals surface area (Å²) in [6.45, 7) is 0. The molecule has 1 aromatic carbocycles. The number of allylic oxidation sites excluding steroid dienone is 1. The Bertz CT molecular complexity index is 819. The van der Waals surface area contributed by atoms with Gasteiger partial charge in [0.2, 0.25) is 0 Å². The molecule has 25 heavy (non-hydrogen) atoms. The van der Waals surface area contributed by atoms with Crippen LogP contribution in [-0.4, -0.2) is 18.1 Å². The van der Waals surface area contributed by atoms with E-state index in [0.29, 0.717) is 5.69 Å². The van der Waals surface area contributed by atoms with Crippen molar-refractivity contribution in [2.75, 3.05) is 11.9 Å². The number of likely N-dealkylation sites (N-methyl/N-ethyl adjacent to an activating group) is 1. The van der Waals surface area contributed by atoms with E-state index in [9.17, 15) is 13.2 Å². The van der Waals surface area contributed by atoms with E-state index in [4.69, 9.17) is 5.26 Å². The van der Waals surface area contributed by atoms with Crippen LogP contribution in [0.4, 0.5) is 18.9 Å². The lowest BCUT2D eigenvalue weighted by atomic mass is 9.93. The molecular formula is C18H16F3N3S. The first-order chi connectivity index (χ1) is 11.9. The zero-order valence-corrected chi connectivity index (χ0v) is 14.4. The third kappa shape index (κ3) is 3.69. The van der Waals surface area contributed by atoms with Gasteiger partial charge in [-0.25, -0.2) is 0 Å². The molecule has 3 rings (SSSR count). The number of benzene rings is 1. The van der Waals surface area contributed by atoms with Crippen LogP contribution in [-0.2, 0) is 6.18 Å². The Morgan fingerprint density at radius 3 is 2.80 bits per heavy atom. The second kappa shape index (κ2) is 6.89. The van der Waals surface area contributed by atoms with Crippen LogP contribution in [0.2, 0.25) is 0 Å². The summed E-state index contributed by atoms with van der Waals surface area (Å²) in [5.74, 6) is 0. The molecule has 1 atom stereocenters. The van der Waals surface area contributed by atoms with Crippen molar-refractivity contribution >= 4 is 22.6 Å². The maximum absolute atomic E-state index is 13.2. The monoisotopic (exact) mass is 363 g/mol. The van der Waals surface area contributed by atoms with Gasteiger partial charge in [-0.15, -0.1) is 11.3 Å². The first-order valence-corrected chi connectivity index (χ1v) is 8.72. The average molecular weight is 363 g/mol. The van der Waals surface area contributed by atoms with E-state index in [1.54, 1.807) is 36.0 Å². The molecule has 2 aromatic rings. The lowest BCUT2D eigenvalue weighted by molar-refractivity contribution is -0.137. The number of aromatic nitrogens is 1. The Hall–Kier alpha value is -2.33. The smallest absolute Gasteiger partial charge is 0.368 e. The Balaban J connectivity index is 1.92. The van der Waals surface area contributed by atoms with E-state index >= 15 is 0 Å². The van der Waals surface area contributed by atoms with Gasteiger partial charge in [0.15, 0.2) is 0 Å². The molecule has 0 bridgehead atoms. The summed E-state index contributed by atoms with van der Waals surface area (Å²) < 4.78 is 39.5. The molecule has 1 aliphatic carbocycles. The molecule has 1 unspecified atom stereocenters. The second-order valence-electron chi connectivity index (χ2n) is 5.97. The predicted molar refractivity (Wildman–Crippen MR) is 92.3 cm³/mol. The van der Waals surface area contributed by atoms with Crippen LogP contribution < -0.4 is 4.90 Å². The number of nitrogens with zero attached hydrogens (tertiary/aromatic N) is 3. The maximum atomic E-state index is 13.2. The van der Waals surface area contributed by atoms with Gasteiger partial charge in [0.05, 0.1) is 22.7 Å². The highest BCUT2D eigenvalue weighted by Gasteiger charge is 2.34. The summed E-state index contributed by atoms with van der Waals surface area (Å²) in [5, 5.41) is 8.92. The fraction of sp³-hybridized carbons (Fsp3) is 0.333. The van der Waals surface area contributed by atoms with Crippen LogP contribution in [0.5, 0.6) is 0 Å². The summed E-state index contributed by atoms with van der Waals surface area (Å²) in [6.07, 6.45) is 2.19. The van der Waals surface area contributed by atoms with Gasteiger partial charge >= 0.3 is 6.18 Å². The highest BCUT2D eigenvalue weighted by Crippen LogP contribution is 2.36. The average Bonchev–Trinajstić information content (AvgIpc) is 3.14. The van der Waals surface area contributed by atoms with Crippen molar-refractivity contribution in [3.63, 3.8) is 0 Å². The van der Waals surface area contributed by atoms with Crippen LogP contribution in [0, 0.1) is 11.3 Å². The highest BCUT2D eigenvalue weighted by atomic mass is 32.1. The molecule has 3 nitrogen and oxygen atoms in total. The predicted octanol–water partition coefficient (Wildman–Crippen LogP) is 5.11. The minimum atomic E-state index is -4.54. The topological polar surface area (TPSA) is 39.9 Å². The molecule has 0 saturated carbocycles. The van der Waals surface area contributed by atoms with Gasteiger partial charge in [-0.05, 0) is 43.0 Å². The zero-order chi connectivity index (χ0) is 18.0. The highest BCUT2D eigenvalue weighted by molar-refractivity contribution is 7.10. The number of alkyl halides is 3. The zero-order valence-electron chi connectivity index (χ0n) is 13.5. The van der Waals surface area contributed by atoms with Gasteiger partial charge in [-0.3, -0.25) is 4.98 Å². The lowest BCUT2D eigenvalue weighted by Crippen LogP contribution is -2.32. The van der Waals surface area contributed by atoms with Crippen LogP contribution >= 0.6 is 11.3 Å². The summed E-state index contributed by atoms with van der Waals surface area (Å²) in [5.41, 5.74) is 2.18. The molecule has 0 amide bonds. The van der Waals surface area contributed by atoms with Gasteiger partial charge in [0, 0.05) is 29.9 Å². The van der Waals surface area contributed by atoms with Crippen molar-refractivity contribution in [2.24, 2.45) is 0 Å². The molecule has 130 valence electrons. The van der Waals surface area contributed by atoms with E-state index in [0.717, 1.165) is 30.2 Å². The molecule has 0 N–H and O–H groups in total. The number of halogens is 3. The molecule has 0 radical (unpaired) electrons. The minimum Gasteiger partial charge on any atom is -0.368 e. The maximum Gasteiger partial charge on any atom is 0.417 e. The SMILES string of the molecule is CN(c1ccc(C#N)c(C(F)(F)F)c1)C1C=C(c2cncs2)CCC1. The van der Waals surface area contributed by atoms with Gasteiger partial charge in [0.1, 0.15) is 0 Å². The Morgan fingerprint density at radius 1 is 1.36 bits per heavy atom. The quantitative estimate of drug-likeness (QED) is 0.761. The molecule has 0 aliphatic heterocycles. The molecule has 0 fully saturated rings. The van der Waals surface area contributed by atoms with E-state index < -0.39 is 11.7 Å². The number of hydrogen-bond donors (Lipinski definition) is 0. The van der Waals surface area contributed by atoms with E-state index in [-0.39, 0.29) is 11.6 Å². The van der Waals surface area contributed by atoms with Crippen molar-refractivity contribution in [3.8, 4) is 6.07 Å². The van der Waals surface area contributed by atoms with Crippen LogP contribution in [0.25, 0.3) is 5.57 Å². The van der Waals surface area contributed by atoms with E-state index in [1.165, 1.54) is 11.6 Å². The summed E-state index contributed by atoms with van der Waals surface area (Å²) in [6, 6.07) is 5.51. The van der Waals surface area contributed by atoms with Crippen LogP contribution in [0.15, 0.2) is 36.0 Å². The Kier molecular flexibility index (Phi) is 4.82. The fourth-order valence-electron chi connectivity index (χ4n) is 3.06. The van der Waals surface area contributed by atoms with E-state index in [1.807, 2.05) is 11.1 Å². The molecule has 0 saturated heterocycles. The van der Waals surface area contributed by atoms with Gasteiger partial charge in [-0.2, -0.15) is 18.4 Å². The van der Waals surface area contributed by atoms with Crippen molar-refractivity contribution in [2.45, 2.75) is 31.5 Å². The molecule has 1 aromatic heterocycles. The molecule has 1 aliphatic rings. The van der Waals surface area contributed by atoms with Crippen molar-refractivity contribution in [1.29, 1.82) is 5.26 Å². The molecule has 0 spiro atoms. The summed E-state index contributed by atoms with van der Waals surface area (Å²) in [7, 11) is 1.79. The minimum absolute atomic E-state index is 0.0138. The lowest BCUT2D eigenvalue weighted by Gasteiger charge is -2.32. The molecular weight excluding hydrogens is 347 g/mol.